The smallest absolute Gasteiger partial charge is 0.271 e. The lowest BCUT2D eigenvalue weighted by Gasteiger charge is -2.14. The van der Waals surface area contributed by atoms with Crippen LogP contribution in [0, 0.1) is 0 Å². The van der Waals surface area contributed by atoms with Crippen LogP contribution in [0.3, 0.4) is 0 Å². The lowest BCUT2D eigenvalue weighted by atomic mass is 10.2. The van der Waals surface area contributed by atoms with Crippen molar-refractivity contribution in [2.24, 2.45) is 0 Å². The van der Waals surface area contributed by atoms with Gasteiger partial charge >= 0.3 is 0 Å². The maximum Gasteiger partial charge on any atom is 0.271 e. The molecule has 1 amide bonds. The highest BCUT2D eigenvalue weighted by molar-refractivity contribution is 7.98. The number of rotatable bonds is 5. The number of hydrogen-bond acceptors (Lipinski definition) is 4. The van der Waals surface area contributed by atoms with Gasteiger partial charge in [0.1, 0.15) is 10.8 Å². The number of thioether (sulfide) groups is 1. The van der Waals surface area contributed by atoms with Crippen LogP contribution in [-0.4, -0.2) is 33.9 Å². The van der Waals surface area contributed by atoms with Gasteiger partial charge in [0.25, 0.3) is 5.91 Å². The van der Waals surface area contributed by atoms with Crippen molar-refractivity contribution in [3.05, 3.63) is 23.2 Å². The summed E-state index contributed by atoms with van der Waals surface area (Å²) in [5.41, 5.74) is 0.295. The molecule has 1 rings (SSSR count). The highest BCUT2D eigenvalue weighted by Crippen LogP contribution is 2.04. The average molecular weight is 260 g/mol. The summed E-state index contributed by atoms with van der Waals surface area (Å²) in [6.07, 6.45) is 5.65. The molecule has 0 aliphatic rings. The van der Waals surface area contributed by atoms with Gasteiger partial charge in [-0.1, -0.05) is 18.5 Å². The number of amides is 1. The van der Waals surface area contributed by atoms with Gasteiger partial charge in [-0.2, -0.15) is 11.8 Å². The maximum atomic E-state index is 11.7. The van der Waals surface area contributed by atoms with E-state index in [0.29, 0.717) is 5.69 Å². The highest BCUT2D eigenvalue weighted by atomic mass is 35.5. The first-order valence-electron chi connectivity index (χ1n) is 4.94. The lowest BCUT2D eigenvalue weighted by molar-refractivity contribution is 0.0934. The zero-order chi connectivity index (χ0) is 12.0. The van der Waals surface area contributed by atoms with E-state index >= 15 is 0 Å². The van der Waals surface area contributed by atoms with Gasteiger partial charge in [0.2, 0.25) is 0 Å². The number of halogens is 1. The molecule has 0 radical (unpaired) electrons. The lowest BCUT2D eigenvalue weighted by Crippen LogP contribution is -2.36. The van der Waals surface area contributed by atoms with Crippen molar-refractivity contribution in [1.29, 1.82) is 0 Å². The van der Waals surface area contributed by atoms with Crippen molar-refractivity contribution in [2.75, 3.05) is 12.0 Å². The van der Waals surface area contributed by atoms with E-state index in [9.17, 15) is 4.79 Å². The Bertz CT molecular complexity index is 344. The molecule has 88 valence electrons. The Kier molecular flexibility index (Phi) is 5.55. The van der Waals surface area contributed by atoms with Gasteiger partial charge in [-0.25, -0.2) is 9.97 Å². The molecule has 0 spiro atoms. The minimum atomic E-state index is -0.204. The Morgan fingerprint density at radius 3 is 2.81 bits per heavy atom. The topological polar surface area (TPSA) is 54.9 Å². The number of carbonyl (C=O) groups is 1. The summed E-state index contributed by atoms with van der Waals surface area (Å²) in [5.74, 6) is 0.688. The normalized spacial score (nSPS) is 12.2. The fraction of sp³-hybridized carbons (Fsp3) is 0.500. The van der Waals surface area contributed by atoms with Crippen molar-refractivity contribution in [3.8, 4) is 0 Å². The van der Waals surface area contributed by atoms with Gasteiger partial charge in [-0.05, 0) is 12.7 Å². The minimum absolute atomic E-state index is 0.167. The van der Waals surface area contributed by atoms with Crippen molar-refractivity contribution in [3.63, 3.8) is 0 Å². The summed E-state index contributed by atoms with van der Waals surface area (Å²) in [6, 6.07) is 0.167. The molecule has 1 unspecified atom stereocenters. The fourth-order valence-electron chi connectivity index (χ4n) is 1.15. The first kappa shape index (κ1) is 13.3. The van der Waals surface area contributed by atoms with E-state index in [4.69, 9.17) is 11.6 Å². The largest absolute Gasteiger partial charge is 0.347 e. The van der Waals surface area contributed by atoms with Crippen molar-refractivity contribution >= 4 is 29.3 Å². The van der Waals surface area contributed by atoms with Crippen LogP contribution >= 0.6 is 23.4 Å². The molecule has 6 heteroatoms. The van der Waals surface area contributed by atoms with E-state index < -0.39 is 0 Å². The van der Waals surface area contributed by atoms with Gasteiger partial charge in [-0.15, -0.1) is 0 Å². The SMILES string of the molecule is CCC(CSC)NC(=O)c1cnc(Cl)cn1. The van der Waals surface area contributed by atoms with Crippen LogP contribution in [0.15, 0.2) is 12.4 Å². The summed E-state index contributed by atoms with van der Waals surface area (Å²) in [5, 5.41) is 3.18. The van der Waals surface area contributed by atoms with Gasteiger partial charge in [0.15, 0.2) is 0 Å². The van der Waals surface area contributed by atoms with Gasteiger partial charge in [-0.3, -0.25) is 4.79 Å². The molecule has 0 aliphatic carbocycles. The Morgan fingerprint density at radius 2 is 2.31 bits per heavy atom. The van der Waals surface area contributed by atoms with Crippen molar-refractivity contribution in [2.45, 2.75) is 19.4 Å². The Balaban J connectivity index is 2.60. The Morgan fingerprint density at radius 1 is 1.56 bits per heavy atom. The van der Waals surface area contributed by atoms with Crippen LogP contribution in [0.1, 0.15) is 23.8 Å². The van der Waals surface area contributed by atoms with E-state index in [1.165, 1.54) is 12.4 Å². The highest BCUT2D eigenvalue weighted by Gasteiger charge is 2.12. The monoisotopic (exact) mass is 259 g/mol. The second-order valence-electron chi connectivity index (χ2n) is 3.26. The van der Waals surface area contributed by atoms with Crippen LogP contribution in [0.4, 0.5) is 0 Å². The number of carbonyl (C=O) groups excluding carboxylic acids is 1. The predicted octanol–water partition coefficient (Wildman–Crippen LogP) is 2.00. The second-order valence-corrected chi connectivity index (χ2v) is 4.56. The third-order valence-corrected chi connectivity index (χ3v) is 2.98. The molecule has 0 bridgehead atoms. The third-order valence-electron chi connectivity index (χ3n) is 2.05. The molecule has 1 aromatic rings. The summed E-state index contributed by atoms with van der Waals surface area (Å²) in [7, 11) is 0. The van der Waals surface area contributed by atoms with Crippen LogP contribution in [0.2, 0.25) is 5.15 Å². The maximum absolute atomic E-state index is 11.7. The minimum Gasteiger partial charge on any atom is -0.347 e. The van der Waals surface area contributed by atoms with Crippen LogP contribution in [0.5, 0.6) is 0 Å². The first-order valence-corrected chi connectivity index (χ1v) is 6.72. The van der Waals surface area contributed by atoms with E-state index in [0.717, 1.165) is 12.2 Å². The third kappa shape index (κ3) is 3.98. The summed E-state index contributed by atoms with van der Waals surface area (Å²) in [4.78, 5) is 19.5. The van der Waals surface area contributed by atoms with Gasteiger partial charge in [0.05, 0.1) is 12.4 Å². The Labute approximate surface area is 104 Å². The molecule has 0 aromatic carbocycles. The first-order chi connectivity index (χ1) is 7.67. The van der Waals surface area contributed by atoms with E-state index in [1.807, 2.05) is 13.2 Å². The molecule has 4 nitrogen and oxygen atoms in total. The van der Waals surface area contributed by atoms with Crippen LogP contribution in [0.25, 0.3) is 0 Å². The number of nitrogens with zero attached hydrogens (tertiary/aromatic N) is 2. The van der Waals surface area contributed by atoms with Crippen molar-refractivity contribution < 1.29 is 4.79 Å². The summed E-state index contributed by atoms with van der Waals surface area (Å²) < 4.78 is 0. The molecular formula is C10H14ClN3OS. The molecule has 1 atom stereocenters. The molecular weight excluding hydrogens is 246 g/mol. The zero-order valence-electron chi connectivity index (χ0n) is 9.24. The molecule has 1 heterocycles. The summed E-state index contributed by atoms with van der Waals surface area (Å²) in [6.45, 7) is 2.04. The quantitative estimate of drug-likeness (QED) is 0.879. The molecule has 0 fully saturated rings. The van der Waals surface area contributed by atoms with Crippen molar-refractivity contribution in [1.82, 2.24) is 15.3 Å². The number of hydrogen-bond donors (Lipinski definition) is 1. The average Bonchev–Trinajstić information content (AvgIpc) is 2.29. The molecule has 0 aliphatic heterocycles. The molecule has 1 N–H and O–H groups in total. The van der Waals surface area contributed by atoms with E-state index in [-0.39, 0.29) is 17.1 Å². The molecule has 0 saturated heterocycles. The van der Waals surface area contributed by atoms with Crippen LogP contribution in [-0.2, 0) is 0 Å². The van der Waals surface area contributed by atoms with E-state index in [2.05, 4.69) is 15.3 Å². The number of aromatic nitrogens is 2. The predicted molar refractivity (Wildman–Crippen MR) is 67.0 cm³/mol. The standard InChI is InChI=1S/C10H14ClN3OS/c1-3-7(6-16-2)14-10(15)8-4-13-9(11)5-12-8/h4-5,7H,3,6H2,1-2H3,(H,14,15). The molecule has 1 aromatic heterocycles. The van der Waals surface area contributed by atoms with Gasteiger partial charge < -0.3 is 5.32 Å². The summed E-state index contributed by atoms with van der Waals surface area (Å²) >= 11 is 7.29. The molecule has 16 heavy (non-hydrogen) atoms. The molecule has 0 saturated carbocycles. The number of nitrogens with one attached hydrogen (secondary N) is 1. The Hall–Kier alpha value is -0.810. The van der Waals surface area contributed by atoms with E-state index in [1.54, 1.807) is 11.8 Å². The zero-order valence-corrected chi connectivity index (χ0v) is 10.8. The second kappa shape index (κ2) is 6.70. The van der Waals surface area contributed by atoms with Gasteiger partial charge in [0, 0.05) is 11.8 Å². The van der Waals surface area contributed by atoms with Crippen LogP contribution < -0.4 is 5.32 Å². The fourth-order valence-corrected chi connectivity index (χ4v) is 1.97.